The van der Waals surface area contributed by atoms with Crippen LogP contribution < -0.4 is 21.9 Å². The number of sulfonamides is 1. The van der Waals surface area contributed by atoms with E-state index in [4.69, 9.17) is 16.6 Å². The third-order valence-electron chi connectivity index (χ3n) is 4.69. The molecule has 2 amide bonds. The van der Waals surface area contributed by atoms with Crippen LogP contribution in [0.5, 0.6) is 0 Å². The highest BCUT2D eigenvalue weighted by Crippen LogP contribution is 2.35. The summed E-state index contributed by atoms with van der Waals surface area (Å²) in [6.45, 7) is 0.287. The van der Waals surface area contributed by atoms with Gasteiger partial charge in [-0.25, -0.2) is 13.6 Å². The fourth-order valence-electron chi connectivity index (χ4n) is 3.24. The lowest BCUT2D eigenvalue weighted by molar-refractivity contribution is -0.116. The first kappa shape index (κ1) is 22.7. The maximum atomic E-state index is 12.3. The van der Waals surface area contributed by atoms with Gasteiger partial charge in [-0.3, -0.25) is 9.59 Å². The van der Waals surface area contributed by atoms with Gasteiger partial charge in [0.05, 0.1) is 11.3 Å². The topological polar surface area (TPSA) is 158 Å². The van der Waals surface area contributed by atoms with Gasteiger partial charge in [-0.05, 0) is 28.8 Å². The highest BCUT2D eigenvalue weighted by molar-refractivity contribution is 7.89. The number of carbonyl (C=O) groups is 2. The number of benzene rings is 3. The summed E-state index contributed by atoms with van der Waals surface area (Å²) in [7, 11) is -4.40. The van der Waals surface area contributed by atoms with Crippen LogP contribution in [0, 0.1) is 0 Å². The summed E-state index contributed by atoms with van der Waals surface area (Å²) in [5, 5.41) is 8.07. The molecule has 0 fully saturated rings. The van der Waals surface area contributed by atoms with Crippen molar-refractivity contribution in [1.29, 1.82) is 0 Å². The van der Waals surface area contributed by atoms with Gasteiger partial charge in [-0.1, -0.05) is 60.7 Å². The standard InChI is InChI=1S/C23H22N4O4S/c24-21-18(16-9-5-2-6-10-16)13-17(22(32(26,30)31)20(21)23(25)29)11-12-19(28)27-14-15-7-3-1-4-8-15/h1-13H,14,24H2,(H2,25,29)(H,27,28)(H2,26,30,31). The molecule has 0 aliphatic rings. The zero-order chi connectivity index (χ0) is 23.3. The Hall–Kier alpha value is -3.95. The molecule has 3 aromatic carbocycles. The second-order valence-electron chi connectivity index (χ2n) is 6.94. The minimum Gasteiger partial charge on any atom is -0.398 e. The molecule has 0 heterocycles. The average molecular weight is 451 g/mol. The summed E-state index contributed by atoms with van der Waals surface area (Å²) in [4.78, 5) is 23.9. The number of primary sulfonamides is 1. The van der Waals surface area contributed by atoms with Gasteiger partial charge in [-0.15, -0.1) is 0 Å². The van der Waals surface area contributed by atoms with Crippen molar-refractivity contribution in [2.75, 3.05) is 5.73 Å². The second kappa shape index (κ2) is 9.46. The normalized spacial score (nSPS) is 11.4. The lowest BCUT2D eigenvalue weighted by atomic mass is 9.96. The number of hydrogen-bond donors (Lipinski definition) is 4. The molecule has 0 radical (unpaired) electrons. The van der Waals surface area contributed by atoms with Crippen molar-refractivity contribution in [2.24, 2.45) is 10.9 Å². The fraction of sp³-hybridized carbons (Fsp3) is 0.0435. The monoisotopic (exact) mass is 450 g/mol. The van der Waals surface area contributed by atoms with E-state index in [-0.39, 0.29) is 17.8 Å². The Bertz CT molecular complexity index is 1290. The molecule has 0 aliphatic heterocycles. The van der Waals surface area contributed by atoms with Crippen LogP contribution in [0.1, 0.15) is 21.5 Å². The van der Waals surface area contributed by atoms with Crippen molar-refractivity contribution >= 4 is 33.6 Å². The fourth-order valence-corrected chi connectivity index (χ4v) is 4.19. The van der Waals surface area contributed by atoms with Crippen molar-refractivity contribution in [3.63, 3.8) is 0 Å². The lowest BCUT2D eigenvalue weighted by Gasteiger charge is -2.16. The van der Waals surface area contributed by atoms with Crippen LogP contribution in [0.25, 0.3) is 17.2 Å². The van der Waals surface area contributed by atoms with Crippen molar-refractivity contribution < 1.29 is 18.0 Å². The van der Waals surface area contributed by atoms with Crippen molar-refractivity contribution in [1.82, 2.24) is 5.32 Å². The number of carbonyl (C=O) groups excluding carboxylic acids is 2. The average Bonchev–Trinajstić information content (AvgIpc) is 2.76. The first-order valence-corrected chi connectivity index (χ1v) is 11.1. The van der Waals surface area contributed by atoms with E-state index in [1.807, 2.05) is 30.3 Å². The predicted octanol–water partition coefficient (Wildman–Crippen LogP) is 2.01. The van der Waals surface area contributed by atoms with Crippen molar-refractivity contribution in [3.8, 4) is 11.1 Å². The third-order valence-corrected chi connectivity index (χ3v) is 5.70. The van der Waals surface area contributed by atoms with E-state index in [1.54, 1.807) is 30.3 Å². The Balaban J connectivity index is 2.06. The summed E-state index contributed by atoms with van der Waals surface area (Å²) < 4.78 is 24.6. The van der Waals surface area contributed by atoms with Crippen LogP contribution in [0.3, 0.4) is 0 Å². The third kappa shape index (κ3) is 5.20. The molecule has 7 N–H and O–H groups in total. The number of nitrogen functional groups attached to an aromatic ring is 1. The van der Waals surface area contributed by atoms with Crippen molar-refractivity contribution in [2.45, 2.75) is 11.4 Å². The van der Waals surface area contributed by atoms with E-state index in [2.05, 4.69) is 5.32 Å². The number of primary amides is 1. The molecule has 3 aromatic rings. The van der Waals surface area contributed by atoms with Crippen LogP contribution in [-0.4, -0.2) is 20.2 Å². The Morgan fingerprint density at radius 1 is 0.969 bits per heavy atom. The number of rotatable bonds is 7. The molecule has 0 saturated heterocycles. The smallest absolute Gasteiger partial charge is 0.252 e. The lowest BCUT2D eigenvalue weighted by Crippen LogP contribution is -2.24. The molecule has 0 bridgehead atoms. The van der Waals surface area contributed by atoms with Gasteiger partial charge >= 0.3 is 0 Å². The van der Waals surface area contributed by atoms with Crippen LogP contribution >= 0.6 is 0 Å². The SMILES string of the molecule is NC(=O)c1c(N)c(-c2ccccc2)cc(C=CC(=O)NCc2ccccc2)c1S(N)(=O)=O. The number of nitrogens with two attached hydrogens (primary N) is 3. The number of hydrogen-bond acceptors (Lipinski definition) is 5. The number of nitrogens with one attached hydrogen (secondary N) is 1. The van der Waals surface area contributed by atoms with E-state index in [0.717, 1.165) is 11.6 Å². The van der Waals surface area contributed by atoms with Crippen LogP contribution in [-0.2, 0) is 21.4 Å². The van der Waals surface area contributed by atoms with E-state index in [1.165, 1.54) is 12.1 Å². The molecule has 164 valence electrons. The predicted molar refractivity (Wildman–Crippen MR) is 124 cm³/mol. The van der Waals surface area contributed by atoms with Gasteiger partial charge in [0, 0.05) is 18.2 Å². The van der Waals surface area contributed by atoms with E-state index >= 15 is 0 Å². The summed E-state index contributed by atoms with van der Waals surface area (Å²) in [6, 6.07) is 19.5. The van der Waals surface area contributed by atoms with Gasteiger partial charge in [0.1, 0.15) is 4.90 Å². The summed E-state index contributed by atoms with van der Waals surface area (Å²) >= 11 is 0. The van der Waals surface area contributed by atoms with Gasteiger partial charge in [0.15, 0.2) is 0 Å². The summed E-state index contributed by atoms with van der Waals surface area (Å²) in [5.74, 6) is -1.51. The van der Waals surface area contributed by atoms with E-state index in [0.29, 0.717) is 11.1 Å². The molecule has 0 atom stereocenters. The largest absolute Gasteiger partial charge is 0.398 e. The van der Waals surface area contributed by atoms with Crippen LogP contribution in [0.2, 0.25) is 0 Å². The van der Waals surface area contributed by atoms with E-state index < -0.39 is 32.3 Å². The van der Waals surface area contributed by atoms with Gasteiger partial charge in [0.25, 0.3) is 5.91 Å². The molecule has 0 unspecified atom stereocenters. The van der Waals surface area contributed by atoms with Gasteiger partial charge < -0.3 is 16.8 Å². The first-order valence-electron chi connectivity index (χ1n) is 9.53. The Morgan fingerprint density at radius 2 is 1.56 bits per heavy atom. The minimum atomic E-state index is -4.40. The van der Waals surface area contributed by atoms with Crippen LogP contribution in [0.4, 0.5) is 5.69 Å². The van der Waals surface area contributed by atoms with Gasteiger partial charge in [0.2, 0.25) is 15.9 Å². The first-order chi connectivity index (χ1) is 15.2. The Labute approximate surface area is 185 Å². The Morgan fingerprint density at radius 3 is 2.12 bits per heavy atom. The van der Waals surface area contributed by atoms with E-state index in [9.17, 15) is 18.0 Å². The maximum Gasteiger partial charge on any atom is 0.252 e. The Kier molecular flexibility index (Phi) is 6.72. The van der Waals surface area contributed by atoms with Crippen LogP contribution in [0.15, 0.2) is 77.7 Å². The maximum absolute atomic E-state index is 12.3. The minimum absolute atomic E-state index is 0.0178. The molecule has 32 heavy (non-hydrogen) atoms. The number of anilines is 1. The summed E-state index contributed by atoms with van der Waals surface area (Å²) in [5.41, 5.74) is 13.0. The highest BCUT2D eigenvalue weighted by Gasteiger charge is 2.26. The molecular weight excluding hydrogens is 428 g/mol. The zero-order valence-corrected chi connectivity index (χ0v) is 17.8. The molecule has 3 rings (SSSR count). The molecule has 0 aliphatic carbocycles. The molecule has 0 aromatic heterocycles. The molecule has 0 saturated carbocycles. The van der Waals surface area contributed by atoms with Gasteiger partial charge in [-0.2, -0.15) is 0 Å². The second-order valence-corrected chi connectivity index (χ2v) is 8.44. The molecule has 0 spiro atoms. The quantitative estimate of drug-likeness (QED) is 0.320. The van der Waals surface area contributed by atoms with Crippen molar-refractivity contribution in [3.05, 3.63) is 89.5 Å². The molecular formula is C23H22N4O4S. The molecule has 9 heteroatoms. The summed E-state index contributed by atoms with van der Waals surface area (Å²) in [6.07, 6.45) is 2.42. The molecule has 8 nitrogen and oxygen atoms in total. The zero-order valence-electron chi connectivity index (χ0n) is 17.0. The number of amides is 2. The highest BCUT2D eigenvalue weighted by atomic mass is 32.2.